The smallest absolute Gasteiger partial charge is 0.243 e. The van der Waals surface area contributed by atoms with Crippen molar-refractivity contribution < 1.29 is 4.52 Å². The van der Waals surface area contributed by atoms with Crippen LogP contribution in [0.1, 0.15) is 43.6 Å². The fourth-order valence-electron chi connectivity index (χ4n) is 1.78. The van der Waals surface area contributed by atoms with Crippen molar-refractivity contribution >= 4 is 15.9 Å². The van der Waals surface area contributed by atoms with Crippen molar-refractivity contribution in [3.05, 3.63) is 46.0 Å². The summed E-state index contributed by atoms with van der Waals surface area (Å²) in [4.78, 5) is 4.44. The Kier molecular flexibility index (Phi) is 5.10. The van der Waals surface area contributed by atoms with E-state index in [1.807, 2.05) is 25.1 Å². The third-order valence-corrected chi connectivity index (χ3v) is 3.63. The lowest BCUT2D eigenvalue weighted by Gasteiger charge is -2.06. The van der Waals surface area contributed by atoms with Crippen LogP contribution in [-0.4, -0.2) is 16.7 Å². The summed E-state index contributed by atoms with van der Waals surface area (Å²) in [5.74, 6) is 1.36. The molecule has 0 fully saturated rings. The Hall–Kier alpha value is -1.20. The number of rotatable bonds is 6. The largest absolute Gasteiger partial charge is 0.338 e. The van der Waals surface area contributed by atoms with E-state index in [1.165, 1.54) is 0 Å². The minimum atomic E-state index is 0.0976. The SMILES string of the molecule is CCCNC(C)c1nc(Cc2ccccc2Br)no1. The number of benzene rings is 1. The fourth-order valence-corrected chi connectivity index (χ4v) is 2.20. The molecule has 0 aliphatic heterocycles. The Morgan fingerprint density at radius 1 is 1.37 bits per heavy atom. The molecular formula is C14H18BrN3O. The zero-order valence-electron chi connectivity index (χ0n) is 11.2. The summed E-state index contributed by atoms with van der Waals surface area (Å²) < 4.78 is 6.36. The van der Waals surface area contributed by atoms with Crippen molar-refractivity contribution in [3.63, 3.8) is 0 Å². The molecule has 0 saturated heterocycles. The molecule has 0 aliphatic carbocycles. The van der Waals surface area contributed by atoms with E-state index in [-0.39, 0.29) is 6.04 Å². The number of nitrogens with zero attached hydrogens (tertiary/aromatic N) is 2. The molecule has 1 unspecified atom stereocenters. The van der Waals surface area contributed by atoms with Gasteiger partial charge in [-0.15, -0.1) is 0 Å². The predicted octanol–water partition coefficient (Wildman–Crippen LogP) is 3.48. The quantitative estimate of drug-likeness (QED) is 0.884. The van der Waals surface area contributed by atoms with E-state index in [1.54, 1.807) is 0 Å². The number of nitrogens with one attached hydrogen (secondary N) is 1. The maximum atomic E-state index is 5.30. The highest BCUT2D eigenvalue weighted by molar-refractivity contribution is 9.10. The third kappa shape index (κ3) is 3.88. The van der Waals surface area contributed by atoms with Crippen molar-refractivity contribution in [2.75, 3.05) is 6.54 Å². The van der Waals surface area contributed by atoms with Crippen LogP contribution in [0.2, 0.25) is 0 Å². The topological polar surface area (TPSA) is 51.0 Å². The number of aromatic nitrogens is 2. The van der Waals surface area contributed by atoms with Crippen LogP contribution in [-0.2, 0) is 6.42 Å². The fraction of sp³-hybridized carbons (Fsp3) is 0.429. The molecule has 102 valence electrons. The van der Waals surface area contributed by atoms with Gasteiger partial charge in [-0.05, 0) is 31.5 Å². The van der Waals surface area contributed by atoms with Gasteiger partial charge in [0.25, 0.3) is 0 Å². The lowest BCUT2D eigenvalue weighted by molar-refractivity contribution is 0.337. The van der Waals surface area contributed by atoms with Gasteiger partial charge in [-0.1, -0.05) is 46.2 Å². The van der Waals surface area contributed by atoms with E-state index in [9.17, 15) is 0 Å². The van der Waals surface area contributed by atoms with Crippen molar-refractivity contribution in [3.8, 4) is 0 Å². The van der Waals surface area contributed by atoms with Crippen LogP contribution in [0.5, 0.6) is 0 Å². The van der Waals surface area contributed by atoms with Crippen molar-refractivity contribution in [1.29, 1.82) is 0 Å². The molecule has 0 amide bonds. The third-order valence-electron chi connectivity index (χ3n) is 2.86. The predicted molar refractivity (Wildman–Crippen MR) is 78.0 cm³/mol. The van der Waals surface area contributed by atoms with Gasteiger partial charge in [0.05, 0.1) is 6.04 Å². The monoisotopic (exact) mass is 323 g/mol. The van der Waals surface area contributed by atoms with E-state index in [0.29, 0.717) is 18.1 Å². The van der Waals surface area contributed by atoms with Crippen LogP contribution in [0.15, 0.2) is 33.3 Å². The van der Waals surface area contributed by atoms with Crippen LogP contribution in [0.4, 0.5) is 0 Å². The Morgan fingerprint density at radius 2 is 2.16 bits per heavy atom. The van der Waals surface area contributed by atoms with Crippen LogP contribution >= 0.6 is 15.9 Å². The molecule has 1 atom stereocenters. The standard InChI is InChI=1S/C14H18BrN3O/c1-3-8-16-10(2)14-17-13(18-19-14)9-11-6-4-5-7-12(11)15/h4-7,10,16H,3,8-9H2,1-2H3. The second-order valence-corrected chi connectivity index (χ2v) is 5.35. The number of hydrogen-bond acceptors (Lipinski definition) is 4. The molecule has 4 nitrogen and oxygen atoms in total. The van der Waals surface area contributed by atoms with Crippen LogP contribution in [0.25, 0.3) is 0 Å². The first-order chi connectivity index (χ1) is 9.20. The average Bonchev–Trinajstić information content (AvgIpc) is 2.87. The normalized spacial score (nSPS) is 12.6. The van der Waals surface area contributed by atoms with Gasteiger partial charge in [0, 0.05) is 10.9 Å². The van der Waals surface area contributed by atoms with Crippen LogP contribution < -0.4 is 5.32 Å². The van der Waals surface area contributed by atoms with Gasteiger partial charge < -0.3 is 9.84 Å². The van der Waals surface area contributed by atoms with Crippen molar-refractivity contribution in [1.82, 2.24) is 15.5 Å². The Balaban J connectivity index is 2.03. The maximum absolute atomic E-state index is 5.30. The van der Waals surface area contributed by atoms with Gasteiger partial charge in [0.2, 0.25) is 5.89 Å². The summed E-state index contributed by atoms with van der Waals surface area (Å²) in [5.41, 5.74) is 1.16. The average molecular weight is 324 g/mol. The lowest BCUT2D eigenvalue weighted by Crippen LogP contribution is -2.19. The Bertz CT molecular complexity index is 527. The van der Waals surface area contributed by atoms with Gasteiger partial charge in [-0.2, -0.15) is 4.98 Å². The van der Waals surface area contributed by atoms with Gasteiger partial charge >= 0.3 is 0 Å². The summed E-state index contributed by atoms with van der Waals surface area (Å²) >= 11 is 3.53. The lowest BCUT2D eigenvalue weighted by atomic mass is 10.1. The van der Waals surface area contributed by atoms with Gasteiger partial charge in [-0.25, -0.2) is 0 Å². The molecule has 0 aliphatic rings. The van der Waals surface area contributed by atoms with Crippen LogP contribution in [0.3, 0.4) is 0 Å². The number of hydrogen-bond donors (Lipinski definition) is 1. The second-order valence-electron chi connectivity index (χ2n) is 4.49. The highest BCUT2D eigenvalue weighted by Gasteiger charge is 2.14. The van der Waals surface area contributed by atoms with E-state index < -0.39 is 0 Å². The molecule has 0 radical (unpaired) electrons. The van der Waals surface area contributed by atoms with Gasteiger partial charge in [0.1, 0.15) is 0 Å². The first-order valence-corrected chi connectivity index (χ1v) is 7.29. The molecule has 2 aromatic rings. The van der Waals surface area contributed by atoms with Crippen molar-refractivity contribution in [2.24, 2.45) is 0 Å². The summed E-state index contributed by atoms with van der Waals surface area (Å²) in [5, 5.41) is 7.37. The molecule has 1 aromatic heterocycles. The van der Waals surface area contributed by atoms with Crippen LogP contribution in [0, 0.1) is 0 Å². The first kappa shape index (κ1) is 14.2. The molecule has 19 heavy (non-hydrogen) atoms. The molecule has 0 spiro atoms. The van der Waals surface area contributed by atoms with E-state index >= 15 is 0 Å². The Morgan fingerprint density at radius 3 is 2.89 bits per heavy atom. The number of halogens is 1. The van der Waals surface area contributed by atoms with E-state index in [2.05, 4.69) is 44.4 Å². The molecule has 0 bridgehead atoms. The van der Waals surface area contributed by atoms with Crippen molar-refractivity contribution in [2.45, 2.75) is 32.7 Å². The summed E-state index contributed by atoms with van der Waals surface area (Å²) in [7, 11) is 0. The summed E-state index contributed by atoms with van der Waals surface area (Å²) in [6.07, 6.45) is 1.76. The minimum absolute atomic E-state index is 0.0976. The highest BCUT2D eigenvalue weighted by Crippen LogP contribution is 2.19. The van der Waals surface area contributed by atoms with Gasteiger partial charge in [-0.3, -0.25) is 0 Å². The molecule has 1 aromatic carbocycles. The Labute approximate surface area is 121 Å². The summed E-state index contributed by atoms with van der Waals surface area (Å²) in [6, 6.07) is 8.17. The highest BCUT2D eigenvalue weighted by atomic mass is 79.9. The van der Waals surface area contributed by atoms with E-state index in [0.717, 1.165) is 23.0 Å². The zero-order chi connectivity index (χ0) is 13.7. The summed E-state index contributed by atoms with van der Waals surface area (Å²) in [6.45, 7) is 5.11. The molecule has 1 heterocycles. The molecular weight excluding hydrogens is 306 g/mol. The molecule has 5 heteroatoms. The molecule has 0 saturated carbocycles. The molecule has 1 N–H and O–H groups in total. The first-order valence-electron chi connectivity index (χ1n) is 6.50. The molecule has 2 rings (SSSR count). The van der Waals surface area contributed by atoms with Gasteiger partial charge in [0.15, 0.2) is 5.82 Å². The second kappa shape index (κ2) is 6.82. The zero-order valence-corrected chi connectivity index (χ0v) is 12.8. The van der Waals surface area contributed by atoms with E-state index in [4.69, 9.17) is 4.52 Å². The maximum Gasteiger partial charge on any atom is 0.243 e. The minimum Gasteiger partial charge on any atom is -0.338 e.